The van der Waals surface area contributed by atoms with Crippen LogP contribution in [-0.4, -0.2) is 39.4 Å². The summed E-state index contributed by atoms with van der Waals surface area (Å²) in [5, 5.41) is 3.27. The molecule has 1 N–H and O–H groups in total. The van der Waals surface area contributed by atoms with E-state index in [-0.39, 0.29) is 11.4 Å². The van der Waals surface area contributed by atoms with Crippen LogP contribution in [-0.2, 0) is 14.3 Å². The van der Waals surface area contributed by atoms with Crippen molar-refractivity contribution in [2.45, 2.75) is 33.6 Å². The van der Waals surface area contributed by atoms with Gasteiger partial charge in [0.2, 0.25) is 0 Å². The van der Waals surface area contributed by atoms with Crippen molar-refractivity contribution in [2.75, 3.05) is 33.4 Å². The summed E-state index contributed by atoms with van der Waals surface area (Å²) in [7, 11) is 1.71. The molecule has 0 unspecified atom stereocenters. The highest BCUT2D eigenvalue weighted by Gasteiger charge is 2.16. The molecule has 0 radical (unpaired) electrons. The van der Waals surface area contributed by atoms with E-state index in [0.29, 0.717) is 19.6 Å². The molecule has 0 atom stereocenters. The minimum absolute atomic E-state index is 0.135. The van der Waals surface area contributed by atoms with Gasteiger partial charge in [-0.2, -0.15) is 0 Å². The lowest BCUT2D eigenvalue weighted by molar-refractivity contribution is -0.143. The smallest absolute Gasteiger partial charge is 0.307 e. The van der Waals surface area contributed by atoms with Gasteiger partial charge in [0.15, 0.2) is 0 Å². The molecule has 4 nitrogen and oxygen atoms in total. The van der Waals surface area contributed by atoms with Crippen LogP contribution < -0.4 is 5.32 Å². The Bertz CT molecular complexity index is 193. The molecular weight excluding hydrogens is 206 g/mol. The zero-order valence-corrected chi connectivity index (χ0v) is 11.0. The molecular formula is C12H25NO3. The van der Waals surface area contributed by atoms with Crippen LogP contribution in [0.3, 0.4) is 0 Å². The lowest BCUT2D eigenvalue weighted by atomic mass is 9.90. The van der Waals surface area contributed by atoms with Crippen molar-refractivity contribution in [3.05, 3.63) is 0 Å². The topological polar surface area (TPSA) is 47.6 Å². The van der Waals surface area contributed by atoms with Crippen molar-refractivity contribution in [3.63, 3.8) is 0 Å². The molecule has 0 aromatic rings. The van der Waals surface area contributed by atoms with E-state index in [9.17, 15) is 4.79 Å². The van der Waals surface area contributed by atoms with Crippen LogP contribution in [0.4, 0.5) is 0 Å². The molecule has 0 aliphatic carbocycles. The normalized spacial score (nSPS) is 11.5. The van der Waals surface area contributed by atoms with Crippen LogP contribution >= 0.6 is 0 Å². The van der Waals surface area contributed by atoms with E-state index >= 15 is 0 Å². The summed E-state index contributed by atoms with van der Waals surface area (Å²) >= 11 is 0. The maximum absolute atomic E-state index is 11.1. The second-order valence-corrected chi connectivity index (χ2v) is 4.64. The van der Waals surface area contributed by atoms with Gasteiger partial charge < -0.3 is 14.8 Å². The number of carbonyl (C=O) groups is 1. The maximum atomic E-state index is 11.1. The molecule has 96 valence electrons. The van der Waals surface area contributed by atoms with E-state index in [4.69, 9.17) is 9.47 Å². The van der Waals surface area contributed by atoms with Gasteiger partial charge >= 0.3 is 5.97 Å². The summed E-state index contributed by atoms with van der Waals surface area (Å²) in [4.78, 5) is 11.1. The molecule has 0 spiro atoms. The van der Waals surface area contributed by atoms with Gasteiger partial charge in [-0.25, -0.2) is 0 Å². The summed E-state index contributed by atoms with van der Waals surface area (Å²) in [6.07, 6.45) is 1.45. The van der Waals surface area contributed by atoms with Crippen LogP contribution in [0.2, 0.25) is 0 Å². The van der Waals surface area contributed by atoms with Gasteiger partial charge in [0, 0.05) is 26.8 Å². The Morgan fingerprint density at radius 1 is 1.38 bits per heavy atom. The van der Waals surface area contributed by atoms with Crippen molar-refractivity contribution in [3.8, 4) is 0 Å². The van der Waals surface area contributed by atoms with Gasteiger partial charge in [-0.3, -0.25) is 4.79 Å². The monoisotopic (exact) mass is 231 g/mol. The molecule has 16 heavy (non-hydrogen) atoms. The highest BCUT2D eigenvalue weighted by atomic mass is 16.5. The maximum Gasteiger partial charge on any atom is 0.307 e. The molecule has 0 aliphatic heterocycles. The van der Waals surface area contributed by atoms with Crippen molar-refractivity contribution in [1.82, 2.24) is 5.32 Å². The first-order valence-corrected chi connectivity index (χ1v) is 5.87. The first kappa shape index (κ1) is 15.4. The second-order valence-electron chi connectivity index (χ2n) is 4.64. The summed E-state index contributed by atoms with van der Waals surface area (Å²) in [5.74, 6) is -0.135. The third kappa shape index (κ3) is 8.68. The second kappa shape index (κ2) is 8.53. The van der Waals surface area contributed by atoms with Gasteiger partial charge in [-0.05, 0) is 18.8 Å². The third-order valence-electron chi connectivity index (χ3n) is 2.40. The fraction of sp³-hybridized carbons (Fsp3) is 0.917. The lowest BCUT2D eigenvalue weighted by Gasteiger charge is -2.24. The summed E-state index contributed by atoms with van der Waals surface area (Å²) in [6, 6.07) is 0. The third-order valence-corrected chi connectivity index (χ3v) is 2.40. The van der Waals surface area contributed by atoms with Crippen LogP contribution in [0, 0.1) is 5.41 Å². The first-order valence-electron chi connectivity index (χ1n) is 5.87. The zero-order chi connectivity index (χ0) is 12.4. The molecule has 0 saturated heterocycles. The number of methoxy groups -OCH3 is 1. The molecule has 0 aromatic heterocycles. The van der Waals surface area contributed by atoms with E-state index in [2.05, 4.69) is 19.2 Å². The Balaban J connectivity index is 3.52. The molecule has 0 fully saturated rings. The largest absolute Gasteiger partial charge is 0.466 e. The van der Waals surface area contributed by atoms with E-state index in [1.54, 1.807) is 7.11 Å². The molecule has 4 heteroatoms. The first-order chi connectivity index (χ1) is 7.52. The predicted octanol–water partition coefficient (Wildman–Crippen LogP) is 1.59. The summed E-state index contributed by atoms with van der Waals surface area (Å²) in [6.45, 7) is 8.97. The van der Waals surface area contributed by atoms with Crippen molar-refractivity contribution in [2.24, 2.45) is 5.41 Å². The van der Waals surface area contributed by atoms with E-state index in [0.717, 1.165) is 19.6 Å². The molecule has 0 rings (SSSR count). The number of nitrogens with one attached hydrogen (secondary N) is 1. The Hall–Kier alpha value is -0.610. The number of hydrogen-bond donors (Lipinski definition) is 1. The molecule has 0 bridgehead atoms. The van der Waals surface area contributed by atoms with Gasteiger partial charge in [-0.1, -0.05) is 13.8 Å². The Kier molecular flexibility index (Phi) is 8.21. The number of carbonyl (C=O) groups excluding carboxylic acids is 1. The minimum atomic E-state index is -0.135. The summed E-state index contributed by atoms with van der Waals surface area (Å²) in [5.41, 5.74) is 0.199. The zero-order valence-electron chi connectivity index (χ0n) is 11.0. The van der Waals surface area contributed by atoms with E-state index in [1.165, 1.54) is 0 Å². The average molecular weight is 231 g/mol. The fourth-order valence-corrected chi connectivity index (χ4v) is 1.32. The Labute approximate surface area is 98.7 Å². The fourth-order valence-electron chi connectivity index (χ4n) is 1.32. The summed E-state index contributed by atoms with van der Waals surface area (Å²) < 4.78 is 9.89. The SMILES string of the molecule is CCOC(=O)CCNCC(C)(C)CCOC. The van der Waals surface area contributed by atoms with Crippen LogP contribution in [0.25, 0.3) is 0 Å². The Morgan fingerprint density at radius 2 is 2.06 bits per heavy atom. The number of ether oxygens (including phenoxy) is 2. The number of esters is 1. The predicted molar refractivity (Wildman–Crippen MR) is 64.4 cm³/mol. The average Bonchev–Trinajstić information content (AvgIpc) is 2.22. The van der Waals surface area contributed by atoms with Gasteiger partial charge in [0.25, 0.3) is 0 Å². The Morgan fingerprint density at radius 3 is 2.62 bits per heavy atom. The van der Waals surface area contributed by atoms with Crippen molar-refractivity contribution < 1.29 is 14.3 Å². The number of rotatable bonds is 9. The van der Waals surface area contributed by atoms with Crippen LogP contribution in [0.15, 0.2) is 0 Å². The molecule has 0 heterocycles. The van der Waals surface area contributed by atoms with E-state index in [1.807, 2.05) is 6.92 Å². The number of hydrogen-bond acceptors (Lipinski definition) is 4. The standard InChI is InChI=1S/C12H25NO3/c1-5-16-11(14)6-8-13-10-12(2,3)7-9-15-4/h13H,5-10H2,1-4H3. The van der Waals surface area contributed by atoms with Crippen molar-refractivity contribution >= 4 is 5.97 Å². The highest BCUT2D eigenvalue weighted by Crippen LogP contribution is 2.18. The molecule has 0 saturated carbocycles. The highest BCUT2D eigenvalue weighted by molar-refractivity contribution is 5.69. The minimum Gasteiger partial charge on any atom is -0.466 e. The van der Waals surface area contributed by atoms with E-state index < -0.39 is 0 Å². The van der Waals surface area contributed by atoms with Crippen molar-refractivity contribution in [1.29, 1.82) is 0 Å². The van der Waals surface area contributed by atoms with Gasteiger partial charge in [0.05, 0.1) is 13.0 Å². The van der Waals surface area contributed by atoms with Crippen LogP contribution in [0.5, 0.6) is 0 Å². The molecule has 0 aliphatic rings. The van der Waals surface area contributed by atoms with Gasteiger partial charge in [-0.15, -0.1) is 0 Å². The lowest BCUT2D eigenvalue weighted by Crippen LogP contribution is -2.32. The van der Waals surface area contributed by atoms with Crippen LogP contribution in [0.1, 0.15) is 33.6 Å². The molecule has 0 aromatic carbocycles. The van der Waals surface area contributed by atoms with Gasteiger partial charge in [0.1, 0.15) is 0 Å². The quantitative estimate of drug-likeness (QED) is 0.483. The molecule has 0 amide bonds.